The van der Waals surface area contributed by atoms with Crippen LogP contribution >= 0.6 is 0 Å². The van der Waals surface area contributed by atoms with Crippen molar-refractivity contribution in [2.24, 2.45) is 5.41 Å². The Hall–Kier alpha value is -2.20. The Morgan fingerprint density at radius 1 is 1.20 bits per heavy atom. The summed E-state index contributed by atoms with van der Waals surface area (Å²) in [5, 5.41) is 0. The van der Waals surface area contributed by atoms with Gasteiger partial charge in [-0.3, -0.25) is 9.59 Å². The highest BCUT2D eigenvalue weighted by atomic mass is 16.5. The van der Waals surface area contributed by atoms with E-state index in [0.717, 1.165) is 24.1 Å². The van der Waals surface area contributed by atoms with Crippen LogP contribution < -0.4 is 0 Å². The molecule has 166 valence electrons. The number of hydrogen-bond donors (Lipinski definition) is 0. The number of ketones is 1. The first kappa shape index (κ1) is 25.8. The first-order valence-corrected chi connectivity index (χ1v) is 10.7. The van der Waals surface area contributed by atoms with Crippen LogP contribution in [0.5, 0.6) is 0 Å². The standard InChI is InChI=1S/C26H39NO3/c1-9-19(2)12-10-13-20(3)15-16-22-21(4)25(29)23(18-26(22,5)6)30-24(28)14-11-17-27(7)8/h9-10,12-13,15-16,23H,11,14,17-18H2,1-8H3. The Bertz CT molecular complexity index is 776. The molecular weight excluding hydrogens is 374 g/mol. The minimum atomic E-state index is -0.688. The summed E-state index contributed by atoms with van der Waals surface area (Å²) in [4.78, 5) is 27.1. The minimum Gasteiger partial charge on any atom is -0.454 e. The molecule has 0 bridgehead atoms. The summed E-state index contributed by atoms with van der Waals surface area (Å²) >= 11 is 0. The molecule has 0 spiro atoms. The van der Waals surface area contributed by atoms with Crippen molar-refractivity contribution in [1.29, 1.82) is 0 Å². The largest absolute Gasteiger partial charge is 0.454 e. The lowest BCUT2D eigenvalue weighted by Crippen LogP contribution is -2.39. The molecule has 0 aromatic carbocycles. The van der Waals surface area contributed by atoms with Gasteiger partial charge in [0, 0.05) is 12.8 Å². The molecule has 0 aromatic rings. The van der Waals surface area contributed by atoms with Crippen molar-refractivity contribution in [3.05, 3.63) is 58.7 Å². The minimum absolute atomic E-state index is 0.0832. The van der Waals surface area contributed by atoms with Gasteiger partial charge in [-0.1, -0.05) is 61.4 Å². The number of nitrogens with zero attached hydrogens (tertiary/aromatic N) is 1. The number of ether oxygens (including phenoxy) is 1. The number of carbonyl (C=O) groups excluding carboxylic acids is 2. The zero-order valence-corrected chi connectivity index (χ0v) is 20.0. The van der Waals surface area contributed by atoms with E-state index >= 15 is 0 Å². The van der Waals surface area contributed by atoms with Crippen LogP contribution in [-0.4, -0.2) is 43.4 Å². The molecule has 0 saturated carbocycles. The van der Waals surface area contributed by atoms with Crippen LogP contribution in [0.1, 0.15) is 60.8 Å². The van der Waals surface area contributed by atoms with Crippen LogP contribution in [0.4, 0.5) is 0 Å². The van der Waals surface area contributed by atoms with Crippen molar-refractivity contribution in [3.63, 3.8) is 0 Å². The first-order chi connectivity index (χ1) is 14.0. The number of hydrogen-bond acceptors (Lipinski definition) is 4. The molecule has 0 saturated heterocycles. The van der Waals surface area contributed by atoms with Crippen LogP contribution in [0.2, 0.25) is 0 Å². The smallest absolute Gasteiger partial charge is 0.306 e. The summed E-state index contributed by atoms with van der Waals surface area (Å²) in [7, 11) is 3.94. The van der Waals surface area contributed by atoms with Gasteiger partial charge in [-0.05, 0) is 71.3 Å². The molecule has 0 aromatic heterocycles. The molecule has 0 heterocycles. The van der Waals surface area contributed by atoms with Crippen molar-refractivity contribution < 1.29 is 14.3 Å². The second-order valence-corrected chi connectivity index (χ2v) is 9.01. The van der Waals surface area contributed by atoms with Gasteiger partial charge in [0.1, 0.15) is 0 Å². The lowest BCUT2D eigenvalue weighted by Gasteiger charge is -2.36. The van der Waals surface area contributed by atoms with Crippen molar-refractivity contribution in [3.8, 4) is 0 Å². The summed E-state index contributed by atoms with van der Waals surface area (Å²) in [5.74, 6) is -0.375. The number of Topliss-reactive ketones (excluding diaryl/α,β-unsaturated/α-hetero) is 1. The summed E-state index contributed by atoms with van der Waals surface area (Å²) in [6, 6.07) is 0. The zero-order valence-electron chi connectivity index (χ0n) is 20.0. The van der Waals surface area contributed by atoms with Crippen LogP contribution in [0.25, 0.3) is 0 Å². The van der Waals surface area contributed by atoms with E-state index in [1.165, 1.54) is 5.57 Å². The van der Waals surface area contributed by atoms with Crippen molar-refractivity contribution >= 4 is 11.8 Å². The lowest BCUT2D eigenvalue weighted by molar-refractivity contribution is -0.156. The Kier molecular flexibility index (Phi) is 10.2. The van der Waals surface area contributed by atoms with Gasteiger partial charge in [0.05, 0.1) is 0 Å². The van der Waals surface area contributed by atoms with Gasteiger partial charge in [-0.2, -0.15) is 0 Å². The number of esters is 1. The van der Waals surface area contributed by atoms with Gasteiger partial charge in [0.2, 0.25) is 0 Å². The first-order valence-electron chi connectivity index (χ1n) is 10.7. The van der Waals surface area contributed by atoms with Crippen LogP contribution in [0.15, 0.2) is 58.7 Å². The summed E-state index contributed by atoms with van der Waals surface area (Å²) in [6.07, 6.45) is 13.2. The van der Waals surface area contributed by atoms with E-state index in [1.54, 1.807) is 0 Å². The number of allylic oxidation sites excluding steroid dienone is 9. The molecule has 1 atom stereocenters. The maximum Gasteiger partial charge on any atom is 0.306 e. The van der Waals surface area contributed by atoms with E-state index in [-0.39, 0.29) is 17.2 Å². The van der Waals surface area contributed by atoms with Gasteiger partial charge in [0.25, 0.3) is 0 Å². The van der Waals surface area contributed by atoms with E-state index in [0.29, 0.717) is 18.4 Å². The van der Waals surface area contributed by atoms with Gasteiger partial charge in [0.15, 0.2) is 11.9 Å². The highest BCUT2D eigenvalue weighted by Crippen LogP contribution is 2.40. The molecule has 4 nitrogen and oxygen atoms in total. The lowest BCUT2D eigenvalue weighted by atomic mass is 9.71. The Balaban J connectivity index is 2.89. The highest BCUT2D eigenvalue weighted by Gasteiger charge is 2.39. The second-order valence-electron chi connectivity index (χ2n) is 9.01. The molecule has 1 aliphatic rings. The summed E-state index contributed by atoms with van der Waals surface area (Å²) in [6.45, 7) is 13.0. The fourth-order valence-electron chi connectivity index (χ4n) is 3.47. The fourth-order valence-corrected chi connectivity index (χ4v) is 3.47. The van der Waals surface area contributed by atoms with Gasteiger partial charge >= 0.3 is 5.97 Å². The van der Waals surface area contributed by atoms with Crippen molar-refractivity contribution in [2.45, 2.75) is 66.9 Å². The molecule has 0 radical (unpaired) electrons. The second kappa shape index (κ2) is 11.8. The Morgan fingerprint density at radius 2 is 1.87 bits per heavy atom. The van der Waals surface area contributed by atoms with E-state index in [9.17, 15) is 9.59 Å². The number of rotatable bonds is 9. The van der Waals surface area contributed by atoms with Crippen LogP contribution in [0.3, 0.4) is 0 Å². The van der Waals surface area contributed by atoms with Gasteiger partial charge in [-0.15, -0.1) is 0 Å². The van der Waals surface area contributed by atoms with E-state index < -0.39 is 6.10 Å². The van der Waals surface area contributed by atoms with Crippen LogP contribution in [-0.2, 0) is 14.3 Å². The molecule has 1 unspecified atom stereocenters. The molecule has 1 aliphatic carbocycles. The van der Waals surface area contributed by atoms with Gasteiger partial charge in [-0.25, -0.2) is 0 Å². The normalized spacial score (nSPS) is 20.7. The predicted molar refractivity (Wildman–Crippen MR) is 125 cm³/mol. The predicted octanol–water partition coefficient (Wildman–Crippen LogP) is 5.58. The van der Waals surface area contributed by atoms with E-state index in [1.807, 2.05) is 58.0 Å². The summed E-state index contributed by atoms with van der Waals surface area (Å²) in [5.41, 5.74) is 3.76. The monoisotopic (exact) mass is 413 g/mol. The molecule has 0 amide bonds. The zero-order chi connectivity index (χ0) is 22.9. The molecule has 0 fully saturated rings. The van der Waals surface area contributed by atoms with Crippen LogP contribution in [0, 0.1) is 5.41 Å². The third-order valence-electron chi connectivity index (χ3n) is 5.44. The molecule has 1 rings (SSSR count). The SMILES string of the molecule is CC=C(C)C=CC=C(C)C=CC1=C(C)C(=O)C(OC(=O)CCCN(C)C)CC1(C)C. The average molecular weight is 414 g/mol. The molecule has 30 heavy (non-hydrogen) atoms. The topological polar surface area (TPSA) is 46.6 Å². The van der Waals surface area contributed by atoms with Crippen molar-refractivity contribution in [1.82, 2.24) is 4.90 Å². The maximum absolute atomic E-state index is 12.9. The molecule has 0 N–H and O–H groups in total. The quantitative estimate of drug-likeness (QED) is 0.366. The maximum atomic E-state index is 12.9. The highest BCUT2D eigenvalue weighted by molar-refractivity contribution is 6.01. The molecule has 4 heteroatoms. The fraction of sp³-hybridized carbons (Fsp3) is 0.538. The molecular formula is C26H39NO3. The van der Waals surface area contributed by atoms with Crippen molar-refractivity contribution in [2.75, 3.05) is 20.6 Å². The third-order valence-corrected chi connectivity index (χ3v) is 5.44. The average Bonchev–Trinajstić information content (AvgIpc) is 2.64. The van der Waals surface area contributed by atoms with E-state index in [2.05, 4.69) is 39.0 Å². The summed E-state index contributed by atoms with van der Waals surface area (Å²) < 4.78 is 5.56. The van der Waals surface area contributed by atoms with E-state index in [4.69, 9.17) is 4.74 Å². The molecule has 0 aliphatic heterocycles. The van der Waals surface area contributed by atoms with Gasteiger partial charge < -0.3 is 9.64 Å². The number of carbonyl (C=O) groups is 2. The Labute approximate surface area is 183 Å². The third kappa shape index (κ3) is 8.27. The Morgan fingerprint density at radius 3 is 2.47 bits per heavy atom.